The van der Waals surface area contributed by atoms with Crippen molar-refractivity contribution in [3.63, 3.8) is 0 Å². The first kappa shape index (κ1) is 26.3. The highest BCUT2D eigenvalue weighted by Gasteiger charge is 2.28. The minimum Gasteiger partial charge on any atom is -0.490 e. The third-order valence-electron chi connectivity index (χ3n) is 3.87. The van der Waals surface area contributed by atoms with Crippen LogP contribution in [0.5, 0.6) is 17.2 Å². The molecule has 12 heteroatoms. The molecule has 0 saturated carbocycles. The van der Waals surface area contributed by atoms with Gasteiger partial charge in [0.25, 0.3) is 5.91 Å². The molecule has 0 aliphatic rings. The van der Waals surface area contributed by atoms with Crippen molar-refractivity contribution in [3.05, 3.63) is 54.1 Å². The average Bonchev–Trinajstić information content (AvgIpc) is 2.80. The smallest absolute Gasteiger partial charge is 0.405 e. The van der Waals surface area contributed by atoms with Crippen molar-refractivity contribution in [2.75, 3.05) is 33.0 Å². The van der Waals surface area contributed by atoms with Crippen LogP contribution in [0.25, 0.3) is 0 Å². The Kier molecular flexibility index (Phi) is 9.99. The van der Waals surface area contributed by atoms with E-state index in [9.17, 15) is 27.6 Å². The number of hydrogen-bond donors (Lipinski definition) is 2. The zero-order valence-corrected chi connectivity index (χ0v) is 18.1. The summed E-state index contributed by atoms with van der Waals surface area (Å²) in [6.07, 6.45) is -4.63. The molecular formula is C22H23F3N2O7. The largest absolute Gasteiger partial charge is 0.490 e. The molecule has 0 aliphatic heterocycles. The summed E-state index contributed by atoms with van der Waals surface area (Å²) in [7, 11) is 0. The molecule has 0 atom stereocenters. The van der Waals surface area contributed by atoms with Gasteiger partial charge in [-0.05, 0) is 37.3 Å². The molecule has 2 N–H and O–H groups in total. The molecule has 0 bridgehead atoms. The fourth-order valence-electron chi connectivity index (χ4n) is 2.45. The summed E-state index contributed by atoms with van der Waals surface area (Å²) in [5.41, 5.74) is 0.0330. The summed E-state index contributed by atoms with van der Waals surface area (Å²) in [5.74, 6) is -0.708. The topological polar surface area (TPSA) is 112 Å². The summed E-state index contributed by atoms with van der Waals surface area (Å²) < 4.78 is 57.6. The highest BCUT2D eigenvalue weighted by atomic mass is 19.4. The molecule has 34 heavy (non-hydrogen) atoms. The monoisotopic (exact) mass is 484 g/mol. The van der Waals surface area contributed by atoms with Crippen molar-refractivity contribution in [3.8, 4) is 17.2 Å². The number of nitrogens with one attached hydrogen (secondary N) is 2. The van der Waals surface area contributed by atoms with Gasteiger partial charge in [0.15, 0.2) is 18.1 Å². The van der Waals surface area contributed by atoms with Gasteiger partial charge in [-0.2, -0.15) is 13.2 Å². The van der Waals surface area contributed by atoms with E-state index in [-0.39, 0.29) is 31.1 Å². The Morgan fingerprint density at radius 3 is 2.29 bits per heavy atom. The van der Waals surface area contributed by atoms with Crippen molar-refractivity contribution in [2.24, 2.45) is 0 Å². The number of rotatable bonds is 11. The lowest BCUT2D eigenvalue weighted by molar-refractivity contribution is -0.125. The van der Waals surface area contributed by atoms with Crippen LogP contribution in [0.3, 0.4) is 0 Å². The minimum absolute atomic E-state index is 0.0330. The van der Waals surface area contributed by atoms with E-state index >= 15 is 0 Å². The van der Waals surface area contributed by atoms with Gasteiger partial charge in [0, 0.05) is 0 Å². The maximum Gasteiger partial charge on any atom is 0.405 e. The second-order valence-electron chi connectivity index (χ2n) is 6.53. The summed E-state index contributed by atoms with van der Waals surface area (Å²) in [6.45, 7) is 0.00284. The quantitative estimate of drug-likeness (QED) is 0.372. The van der Waals surface area contributed by atoms with Gasteiger partial charge in [-0.15, -0.1) is 0 Å². The summed E-state index contributed by atoms with van der Waals surface area (Å²) >= 11 is 0. The summed E-state index contributed by atoms with van der Waals surface area (Å²) in [6, 6.07) is 12.0. The zero-order valence-electron chi connectivity index (χ0n) is 18.1. The molecule has 0 saturated heterocycles. The van der Waals surface area contributed by atoms with Crippen LogP contribution in [-0.4, -0.2) is 57.1 Å². The van der Waals surface area contributed by atoms with Gasteiger partial charge >= 0.3 is 18.2 Å². The van der Waals surface area contributed by atoms with E-state index in [0.29, 0.717) is 11.5 Å². The van der Waals surface area contributed by atoms with Crippen LogP contribution in [-0.2, 0) is 9.53 Å². The molecule has 2 aromatic rings. The van der Waals surface area contributed by atoms with Crippen molar-refractivity contribution in [1.29, 1.82) is 0 Å². The highest BCUT2D eigenvalue weighted by Crippen LogP contribution is 2.29. The van der Waals surface area contributed by atoms with E-state index in [1.807, 2.05) is 18.2 Å². The third-order valence-corrected chi connectivity index (χ3v) is 3.87. The summed E-state index contributed by atoms with van der Waals surface area (Å²) in [5, 5.41) is 3.07. The van der Waals surface area contributed by atoms with Crippen LogP contribution in [0.2, 0.25) is 0 Å². The SMILES string of the molecule is CCOc1cc(C(=O)OCC(=O)NC(=O)NCC(F)(F)F)ccc1OCCOc1ccccc1. The summed E-state index contributed by atoms with van der Waals surface area (Å²) in [4.78, 5) is 35.0. The number of ether oxygens (including phenoxy) is 4. The van der Waals surface area contributed by atoms with Crippen molar-refractivity contribution in [1.82, 2.24) is 10.6 Å². The van der Waals surface area contributed by atoms with E-state index in [1.165, 1.54) is 23.5 Å². The molecule has 2 aromatic carbocycles. The van der Waals surface area contributed by atoms with Gasteiger partial charge in [0.2, 0.25) is 0 Å². The molecular weight excluding hydrogens is 461 g/mol. The molecule has 0 fully saturated rings. The predicted molar refractivity (Wildman–Crippen MR) is 113 cm³/mol. The molecule has 0 aliphatic carbocycles. The van der Waals surface area contributed by atoms with Crippen LogP contribution in [0.15, 0.2) is 48.5 Å². The molecule has 9 nitrogen and oxygen atoms in total. The number of urea groups is 1. The van der Waals surface area contributed by atoms with E-state index in [1.54, 1.807) is 24.4 Å². The van der Waals surface area contributed by atoms with E-state index in [2.05, 4.69) is 0 Å². The van der Waals surface area contributed by atoms with Crippen molar-refractivity contribution >= 4 is 17.9 Å². The predicted octanol–water partition coefficient (Wildman–Crippen LogP) is 3.09. The van der Waals surface area contributed by atoms with Gasteiger partial charge in [-0.1, -0.05) is 18.2 Å². The van der Waals surface area contributed by atoms with E-state index in [4.69, 9.17) is 18.9 Å². The molecule has 0 aromatic heterocycles. The van der Waals surface area contributed by atoms with E-state index < -0.39 is 37.2 Å². The lowest BCUT2D eigenvalue weighted by atomic mass is 10.2. The number of carbonyl (C=O) groups is 3. The van der Waals surface area contributed by atoms with Gasteiger partial charge in [-0.3, -0.25) is 10.1 Å². The molecule has 2 rings (SSSR count). The second kappa shape index (κ2) is 12.9. The second-order valence-corrected chi connectivity index (χ2v) is 6.53. The standard InChI is InChI=1S/C22H23F3N2O7/c1-2-31-18-12-15(8-9-17(18)33-11-10-32-16-6-4-3-5-7-16)20(29)34-13-19(28)27-21(30)26-14-22(23,24)25/h3-9,12H,2,10-11,13-14H2,1H3,(H2,26,27,28,30). The number of alkyl halides is 3. The zero-order chi connectivity index (χ0) is 25.0. The molecule has 0 heterocycles. The van der Waals surface area contributed by atoms with Gasteiger partial charge in [0.1, 0.15) is 25.5 Å². The van der Waals surface area contributed by atoms with Crippen molar-refractivity contribution in [2.45, 2.75) is 13.1 Å². The highest BCUT2D eigenvalue weighted by molar-refractivity contribution is 5.97. The Morgan fingerprint density at radius 1 is 0.912 bits per heavy atom. The number of para-hydroxylation sites is 1. The van der Waals surface area contributed by atoms with Crippen LogP contribution in [0.4, 0.5) is 18.0 Å². The molecule has 0 radical (unpaired) electrons. The number of imide groups is 1. The molecule has 3 amide bonds. The van der Waals surface area contributed by atoms with Crippen LogP contribution in [0.1, 0.15) is 17.3 Å². The number of benzene rings is 2. The Hall–Kier alpha value is -3.96. The molecule has 0 unspecified atom stereocenters. The molecule has 184 valence electrons. The lowest BCUT2D eigenvalue weighted by Crippen LogP contribution is -2.44. The normalized spacial score (nSPS) is 10.7. The fraction of sp³-hybridized carbons (Fsp3) is 0.318. The first-order valence-corrected chi connectivity index (χ1v) is 10.1. The number of amides is 3. The maximum atomic E-state index is 12.2. The number of hydrogen-bond acceptors (Lipinski definition) is 7. The molecule has 0 spiro atoms. The maximum absolute atomic E-state index is 12.2. The minimum atomic E-state index is -4.63. The number of esters is 1. The fourth-order valence-corrected chi connectivity index (χ4v) is 2.45. The Bertz CT molecular complexity index is 969. The first-order chi connectivity index (χ1) is 16.2. The number of halogens is 3. The van der Waals surface area contributed by atoms with Gasteiger partial charge in [-0.25, -0.2) is 9.59 Å². The van der Waals surface area contributed by atoms with Gasteiger partial charge in [0.05, 0.1) is 12.2 Å². The van der Waals surface area contributed by atoms with Gasteiger partial charge < -0.3 is 24.3 Å². The third kappa shape index (κ3) is 9.67. The lowest BCUT2D eigenvalue weighted by Gasteiger charge is -2.14. The Balaban J connectivity index is 1.84. The first-order valence-electron chi connectivity index (χ1n) is 10.1. The van der Waals surface area contributed by atoms with Crippen molar-refractivity contribution < 1.29 is 46.5 Å². The average molecular weight is 484 g/mol. The van der Waals surface area contributed by atoms with Crippen LogP contribution >= 0.6 is 0 Å². The number of carbonyl (C=O) groups excluding carboxylic acids is 3. The Morgan fingerprint density at radius 2 is 1.62 bits per heavy atom. The van der Waals surface area contributed by atoms with E-state index in [0.717, 1.165) is 0 Å². The van der Waals surface area contributed by atoms with Crippen LogP contribution < -0.4 is 24.8 Å². The van der Waals surface area contributed by atoms with Crippen LogP contribution in [0, 0.1) is 0 Å². The Labute approximate surface area is 193 Å².